The van der Waals surface area contributed by atoms with Crippen LogP contribution in [0.1, 0.15) is 30.6 Å². The van der Waals surface area contributed by atoms with Crippen molar-refractivity contribution in [2.75, 3.05) is 11.9 Å². The molecule has 1 aliphatic rings. The fourth-order valence-electron chi connectivity index (χ4n) is 4.17. The first-order valence-electron chi connectivity index (χ1n) is 11.3. The van der Waals surface area contributed by atoms with Gasteiger partial charge in [0.15, 0.2) is 5.84 Å². The molecule has 0 saturated carbocycles. The molecule has 1 saturated heterocycles. The summed E-state index contributed by atoms with van der Waals surface area (Å²) in [6.07, 6.45) is 2.22. The van der Waals surface area contributed by atoms with E-state index in [9.17, 15) is 9.59 Å². The van der Waals surface area contributed by atoms with Crippen molar-refractivity contribution in [3.8, 4) is 0 Å². The number of anilines is 1. The summed E-state index contributed by atoms with van der Waals surface area (Å²) in [7, 11) is 0. The van der Waals surface area contributed by atoms with E-state index in [4.69, 9.17) is 16.7 Å². The Morgan fingerprint density at radius 1 is 1.26 bits per heavy atom. The zero-order chi connectivity index (χ0) is 24.1. The third kappa shape index (κ3) is 5.26. The van der Waals surface area contributed by atoms with Gasteiger partial charge < -0.3 is 20.4 Å². The van der Waals surface area contributed by atoms with Gasteiger partial charge >= 0.3 is 11.9 Å². The van der Waals surface area contributed by atoms with Crippen LogP contribution >= 0.6 is 0 Å². The van der Waals surface area contributed by atoms with Gasteiger partial charge in [-0.2, -0.15) is 0 Å². The van der Waals surface area contributed by atoms with Crippen LogP contribution in [0.5, 0.6) is 0 Å². The van der Waals surface area contributed by atoms with Gasteiger partial charge in [-0.15, -0.1) is 0 Å². The number of likely N-dealkylation sites (tertiary alicyclic amines) is 1. The number of amidine groups is 1. The molecule has 1 fully saturated rings. The number of aryl methyl sites for hydroxylation is 1. The summed E-state index contributed by atoms with van der Waals surface area (Å²) in [6.45, 7) is 10.5. The highest BCUT2D eigenvalue weighted by molar-refractivity contribution is 6.14. The SMILES string of the molecule is [C-]#[N+]C(C(N)=O)C(=NC1CCCCN(Cc2ccccc2)C1=O)Nc1ccc2oc(C)cc2c1. The molecule has 174 valence electrons. The Labute approximate surface area is 198 Å². The van der Waals surface area contributed by atoms with E-state index in [0.717, 1.165) is 35.1 Å². The number of nitrogens with two attached hydrogens (primary N) is 1. The molecule has 0 spiro atoms. The molecule has 1 aliphatic heterocycles. The fourth-order valence-corrected chi connectivity index (χ4v) is 4.17. The number of benzene rings is 2. The van der Waals surface area contributed by atoms with Gasteiger partial charge in [-0.1, -0.05) is 30.3 Å². The van der Waals surface area contributed by atoms with Gasteiger partial charge in [0.25, 0.3) is 0 Å². The highest BCUT2D eigenvalue weighted by atomic mass is 16.3. The number of aliphatic imine (C=N–C) groups is 1. The maximum absolute atomic E-state index is 13.4. The molecule has 2 aromatic carbocycles. The summed E-state index contributed by atoms with van der Waals surface area (Å²) in [6, 6.07) is 15.1. The lowest BCUT2D eigenvalue weighted by molar-refractivity contribution is -0.132. The van der Waals surface area contributed by atoms with Crippen LogP contribution in [0.15, 0.2) is 64.0 Å². The molecular weight excluding hydrogens is 430 g/mol. The smallest absolute Gasteiger partial charge is 0.356 e. The molecule has 0 aliphatic carbocycles. The molecule has 0 radical (unpaired) electrons. The van der Waals surface area contributed by atoms with Gasteiger partial charge in [0.1, 0.15) is 17.4 Å². The van der Waals surface area contributed by atoms with Crippen molar-refractivity contribution in [2.24, 2.45) is 10.7 Å². The summed E-state index contributed by atoms with van der Waals surface area (Å²) < 4.78 is 5.61. The zero-order valence-electron chi connectivity index (χ0n) is 19.0. The number of primary amides is 1. The van der Waals surface area contributed by atoms with Gasteiger partial charge in [-0.3, -0.25) is 19.4 Å². The van der Waals surface area contributed by atoms with E-state index < -0.39 is 18.0 Å². The zero-order valence-corrected chi connectivity index (χ0v) is 19.0. The number of fused-ring (bicyclic) bond motifs is 1. The quantitative estimate of drug-likeness (QED) is 0.333. The van der Waals surface area contributed by atoms with E-state index in [1.807, 2.05) is 49.4 Å². The van der Waals surface area contributed by atoms with Crippen molar-refractivity contribution in [1.82, 2.24) is 4.90 Å². The molecule has 1 aromatic heterocycles. The van der Waals surface area contributed by atoms with Crippen LogP contribution in [-0.4, -0.2) is 41.2 Å². The molecule has 34 heavy (non-hydrogen) atoms. The average Bonchev–Trinajstić information content (AvgIpc) is 3.11. The predicted octanol–water partition coefficient (Wildman–Crippen LogP) is 3.91. The number of nitrogens with zero attached hydrogens (tertiary/aromatic N) is 3. The van der Waals surface area contributed by atoms with E-state index >= 15 is 0 Å². The third-order valence-electron chi connectivity index (χ3n) is 5.83. The van der Waals surface area contributed by atoms with Crippen LogP contribution in [-0.2, 0) is 16.1 Å². The number of carbonyl (C=O) groups is 2. The summed E-state index contributed by atoms with van der Waals surface area (Å²) >= 11 is 0. The summed E-state index contributed by atoms with van der Waals surface area (Å²) in [5, 5.41) is 3.96. The molecule has 2 atom stereocenters. The number of nitrogens with one attached hydrogen (secondary N) is 1. The van der Waals surface area contributed by atoms with Gasteiger partial charge in [0, 0.05) is 24.2 Å². The Bertz CT molecular complexity index is 1260. The minimum absolute atomic E-state index is 0.0852. The maximum Gasteiger partial charge on any atom is 0.356 e. The number of amides is 2. The number of rotatable bonds is 6. The standard InChI is InChI=1S/C26H27N5O3/c1-17-14-19-15-20(11-12-22(19)34-17)29-25(23(28-2)24(27)32)30-21-10-6-7-13-31(26(21)33)16-18-8-4-3-5-9-18/h3-5,8-9,11-12,14-15,21,23H,6-7,10,13,16H2,1H3,(H2,27,32)(H,29,30). The molecule has 2 heterocycles. The van der Waals surface area contributed by atoms with Gasteiger partial charge in [0.05, 0.1) is 0 Å². The lowest BCUT2D eigenvalue weighted by Crippen LogP contribution is -2.41. The number of hydrogen-bond acceptors (Lipinski definition) is 4. The Hall–Kier alpha value is -4.12. The average molecular weight is 458 g/mol. The third-order valence-corrected chi connectivity index (χ3v) is 5.83. The highest BCUT2D eigenvalue weighted by Gasteiger charge is 2.33. The van der Waals surface area contributed by atoms with Crippen LogP contribution in [0.3, 0.4) is 0 Å². The lowest BCUT2D eigenvalue weighted by Gasteiger charge is -2.23. The number of carbonyl (C=O) groups excluding carboxylic acids is 2. The molecule has 2 unspecified atom stereocenters. The normalized spacial score (nSPS) is 17.8. The molecule has 3 N–H and O–H groups in total. The summed E-state index contributed by atoms with van der Waals surface area (Å²) in [5.74, 6) is -0.0692. The summed E-state index contributed by atoms with van der Waals surface area (Å²) in [4.78, 5) is 35.2. The molecular formula is C26H27N5O3. The van der Waals surface area contributed by atoms with Crippen LogP contribution in [0, 0.1) is 13.5 Å². The maximum atomic E-state index is 13.4. The van der Waals surface area contributed by atoms with Gasteiger partial charge in [-0.05, 0) is 56.0 Å². The second-order valence-corrected chi connectivity index (χ2v) is 8.44. The highest BCUT2D eigenvalue weighted by Crippen LogP contribution is 2.24. The Morgan fingerprint density at radius 2 is 2.06 bits per heavy atom. The van der Waals surface area contributed by atoms with Crippen molar-refractivity contribution in [2.45, 2.75) is 44.8 Å². The van der Waals surface area contributed by atoms with E-state index in [-0.39, 0.29) is 11.7 Å². The molecule has 4 rings (SSSR count). The van der Waals surface area contributed by atoms with E-state index in [2.05, 4.69) is 15.2 Å². The second-order valence-electron chi connectivity index (χ2n) is 8.44. The van der Waals surface area contributed by atoms with E-state index in [1.165, 1.54) is 0 Å². The van der Waals surface area contributed by atoms with Crippen molar-refractivity contribution < 1.29 is 14.0 Å². The van der Waals surface area contributed by atoms with E-state index in [1.54, 1.807) is 17.0 Å². The Balaban J connectivity index is 1.64. The van der Waals surface area contributed by atoms with Crippen molar-refractivity contribution in [1.29, 1.82) is 0 Å². The predicted molar refractivity (Wildman–Crippen MR) is 131 cm³/mol. The van der Waals surface area contributed by atoms with Gasteiger partial charge in [0.2, 0.25) is 5.91 Å². The lowest BCUT2D eigenvalue weighted by atomic mass is 10.1. The number of furan rings is 1. The first-order valence-corrected chi connectivity index (χ1v) is 11.3. The molecule has 2 amide bonds. The Kier molecular flexibility index (Phi) is 6.93. The van der Waals surface area contributed by atoms with Crippen LogP contribution < -0.4 is 11.1 Å². The van der Waals surface area contributed by atoms with E-state index in [0.29, 0.717) is 25.2 Å². The first kappa shape index (κ1) is 23.1. The van der Waals surface area contributed by atoms with Crippen molar-refractivity contribution in [3.63, 3.8) is 0 Å². The Morgan fingerprint density at radius 3 is 2.79 bits per heavy atom. The van der Waals surface area contributed by atoms with Crippen molar-refractivity contribution in [3.05, 3.63) is 77.3 Å². The van der Waals surface area contributed by atoms with Crippen LogP contribution in [0.25, 0.3) is 15.8 Å². The number of hydrogen-bond donors (Lipinski definition) is 2. The largest absolute Gasteiger partial charge is 0.461 e. The second kappa shape index (κ2) is 10.2. The molecule has 8 heteroatoms. The fraction of sp³-hybridized carbons (Fsp3) is 0.308. The molecule has 3 aromatic rings. The van der Waals surface area contributed by atoms with Crippen molar-refractivity contribution >= 4 is 34.3 Å². The van der Waals surface area contributed by atoms with Crippen LogP contribution in [0.2, 0.25) is 0 Å². The first-order chi connectivity index (χ1) is 16.4. The summed E-state index contributed by atoms with van der Waals surface area (Å²) in [5.41, 5.74) is 7.91. The molecule has 0 bridgehead atoms. The van der Waals surface area contributed by atoms with Crippen LogP contribution in [0.4, 0.5) is 5.69 Å². The monoisotopic (exact) mass is 457 g/mol. The minimum Gasteiger partial charge on any atom is -0.461 e. The molecule has 8 nitrogen and oxygen atoms in total. The van der Waals surface area contributed by atoms with Gasteiger partial charge in [-0.25, -0.2) is 6.57 Å². The topological polar surface area (TPSA) is 105 Å². The minimum atomic E-state index is -1.32.